The van der Waals surface area contributed by atoms with E-state index in [0.29, 0.717) is 12.5 Å². The highest BCUT2D eigenvalue weighted by molar-refractivity contribution is 5.90. The second-order valence-corrected chi connectivity index (χ2v) is 4.82. The molecule has 1 aliphatic carbocycles. The quantitative estimate of drug-likeness (QED) is 0.670. The zero-order valence-corrected chi connectivity index (χ0v) is 10.2. The molecule has 0 radical (unpaired) electrons. The van der Waals surface area contributed by atoms with Gasteiger partial charge < -0.3 is 10.6 Å². The molecule has 1 aliphatic heterocycles. The molecule has 1 saturated carbocycles. The molecule has 3 N–H and O–H groups in total. The average Bonchev–Trinajstić information content (AvgIpc) is 3.15. The lowest BCUT2D eigenvalue weighted by Gasteiger charge is -2.13. The van der Waals surface area contributed by atoms with Crippen molar-refractivity contribution in [1.82, 2.24) is 25.8 Å². The highest BCUT2D eigenvalue weighted by Crippen LogP contribution is 2.37. The predicted octanol–water partition coefficient (Wildman–Crippen LogP) is 0.332. The zero-order valence-electron chi connectivity index (χ0n) is 10.2. The lowest BCUT2D eigenvalue weighted by molar-refractivity contribution is 0.0946. The number of H-pyrrole nitrogens is 1. The molecule has 0 bridgehead atoms. The number of nitrogens with zero attached hydrogens (tertiary/aromatic N) is 2. The summed E-state index contributed by atoms with van der Waals surface area (Å²) in [5, 5.41) is 12.9. The zero-order chi connectivity index (χ0) is 12.4. The minimum Gasteiger partial charge on any atom is -0.346 e. The van der Waals surface area contributed by atoms with Crippen molar-refractivity contribution in [2.45, 2.75) is 25.2 Å². The van der Waals surface area contributed by atoms with Gasteiger partial charge >= 0.3 is 0 Å². The molecule has 1 fully saturated rings. The Hall–Kier alpha value is -1.69. The standard InChI is InChI=1S/C12H17N5O/c18-12(14-7-8-3-5-13-6-4-8)11-15-10(16-17-11)9-1-2-9/h3,9,13H,1-2,4-7H2,(H,14,18)(H,15,16,17). The number of carbonyl (C=O) groups is 1. The second-order valence-electron chi connectivity index (χ2n) is 4.82. The first-order valence-electron chi connectivity index (χ1n) is 6.42. The van der Waals surface area contributed by atoms with Gasteiger partial charge in [-0.15, -0.1) is 5.10 Å². The molecule has 3 rings (SSSR count). The van der Waals surface area contributed by atoms with E-state index in [2.05, 4.69) is 31.9 Å². The van der Waals surface area contributed by atoms with E-state index in [4.69, 9.17) is 0 Å². The Kier molecular flexibility index (Phi) is 3.10. The third kappa shape index (κ3) is 2.59. The van der Waals surface area contributed by atoms with Gasteiger partial charge in [-0.25, -0.2) is 4.98 Å². The number of aromatic amines is 1. The molecule has 6 nitrogen and oxygen atoms in total. The number of aromatic nitrogens is 3. The molecule has 1 aromatic heterocycles. The van der Waals surface area contributed by atoms with Crippen molar-refractivity contribution in [1.29, 1.82) is 0 Å². The maximum absolute atomic E-state index is 11.8. The number of hydrogen-bond donors (Lipinski definition) is 3. The third-order valence-electron chi connectivity index (χ3n) is 3.30. The van der Waals surface area contributed by atoms with Crippen LogP contribution in [0.3, 0.4) is 0 Å². The van der Waals surface area contributed by atoms with Gasteiger partial charge in [0.25, 0.3) is 5.91 Å². The van der Waals surface area contributed by atoms with Crippen LogP contribution in [0.4, 0.5) is 0 Å². The maximum Gasteiger partial charge on any atom is 0.291 e. The number of amides is 1. The highest BCUT2D eigenvalue weighted by atomic mass is 16.2. The molecular formula is C12H17N5O. The van der Waals surface area contributed by atoms with Gasteiger partial charge in [0.05, 0.1) is 0 Å². The summed E-state index contributed by atoms with van der Waals surface area (Å²) < 4.78 is 0. The van der Waals surface area contributed by atoms with E-state index in [1.165, 1.54) is 5.57 Å². The number of hydrogen-bond acceptors (Lipinski definition) is 4. The van der Waals surface area contributed by atoms with Crippen LogP contribution in [0.1, 0.15) is 41.6 Å². The summed E-state index contributed by atoms with van der Waals surface area (Å²) in [6.07, 6.45) is 5.41. The van der Waals surface area contributed by atoms with Crippen molar-refractivity contribution < 1.29 is 4.79 Å². The van der Waals surface area contributed by atoms with Crippen LogP contribution in [-0.2, 0) is 0 Å². The largest absolute Gasteiger partial charge is 0.346 e. The summed E-state index contributed by atoms with van der Waals surface area (Å²) in [6, 6.07) is 0. The highest BCUT2D eigenvalue weighted by Gasteiger charge is 2.28. The number of nitrogens with one attached hydrogen (secondary N) is 3. The molecule has 0 saturated heterocycles. The first kappa shape index (κ1) is 11.4. The fourth-order valence-electron chi connectivity index (χ4n) is 2.02. The molecule has 0 atom stereocenters. The van der Waals surface area contributed by atoms with Crippen LogP contribution in [-0.4, -0.2) is 40.7 Å². The first-order chi connectivity index (χ1) is 8.83. The summed E-state index contributed by atoms with van der Waals surface area (Å²) in [7, 11) is 0. The van der Waals surface area contributed by atoms with Gasteiger partial charge in [0.1, 0.15) is 5.82 Å². The Morgan fingerprint density at radius 1 is 1.50 bits per heavy atom. The molecule has 6 heteroatoms. The molecule has 96 valence electrons. The third-order valence-corrected chi connectivity index (χ3v) is 3.30. The molecule has 0 spiro atoms. The van der Waals surface area contributed by atoms with Gasteiger partial charge in [0, 0.05) is 19.0 Å². The summed E-state index contributed by atoms with van der Waals surface area (Å²) in [6.45, 7) is 2.46. The van der Waals surface area contributed by atoms with Crippen LogP contribution in [0, 0.1) is 0 Å². The van der Waals surface area contributed by atoms with Crippen molar-refractivity contribution in [3.8, 4) is 0 Å². The van der Waals surface area contributed by atoms with Crippen LogP contribution >= 0.6 is 0 Å². The molecule has 18 heavy (non-hydrogen) atoms. The Bertz CT molecular complexity index is 475. The molecule has 0 aromatic carbocycles. The van der Waals surface area contributed by atoms with E-state index < -0.39 is 0 Å². The lowest BCUT2D eigenvalue weighted by atomic mass is 10.1. The van der Waals surface area contributed by atoms with Crippen molar-refractivity contribution in [2.24, 2.45) is 0 Å². The summed E-state index contributed by atoms with van der Waals surface area (Å²) in [4.78, 5) is 16.1. The van der Waals surface area contributed by atoms with E-state index in [9.17, 15) is 4.79 Å². The average molecular weight is 247 g/mol. The Morgan fingerprint density at radius 3 is 3.11 bits per heavy atom. The molecule has 0 unspecified atom stereocenters. The van der Waals surface area contributed by atoms with E-state index in [-0.39, 0.29) is 11.7 Å². The lowest BCUT2D eigenvalue weighted by Crippen LogP contribution is -2.30. The summed E-state index contributed by atoms with van der Waals surface area (Å²) in [5.74, 6) is 1.40. The minimum atomic E-state index is -0.197. The first-order valence-corrected chi connectivity index (χ1v) is 6.42. The van der Waals surface area contributed by atoms with Gasteiger partial charge in [-0.1, -0.05) is 11.6 Å². The van der Waals surface area contributed by atoms with Crippen molar-refractivity contribution in [3.63, 3.8) is 0 Å². The molecule has 2 heterocycles. The van der Waals surface area contributed by atoms with Gasteiger partial charge in [0.15, 0.2) is 0 Å². The van der Waals surface area contributed by atoms with Crippen LogP contribution in [0.5, 0.6) is 0 Å². The van der Waals surface area contributed by atoms with Gasteiger partial charge in [0.2, 0.25) is 5.82 Å². The Labute approximate surface area is 105 Å². The fourth-order valence-corrected chi connectivity index (χ4v) is 2.02. The second kappa shape index (κ2) is 4.89. The van der Waals surface area contributed by atoms with Crippen LogP contribution in [0.25, 0.3) is 0 Å². The van der Waals surface area contributed by atoms with Gasteiger partial charge in [-0.2, -0.15) is 0 Å². The predicted molar refractivity (Wildman–Crippen MR) is 66.3 cm³/mol. The van der Waals surface area contributed by atoms with Crippen LogP contribution < -0.4 is 10.6 Å². The molecular weight excluding hydrogens is 230 g/mol. The normalized spacial score (nSPS) is 19.4. The van der Waals surface area contributed by atoms with E-state index >= 15 is 0 Å². The van der Waals surface area contributed by atoms with E-state index in [1.54, 1.807) is 0 Å². The molecule has 1 amide bonds. The fraction of sp³-hybridized carbons (Fsp3) is 0.583. The number of rotatable bonds is 4. The maximum atomic E-state index is 11.8. The summed E-state index contributed by atoms with van der Waals surface area (Å²) >= 11 is 0. The van der Waals surface area contributed by atoms with Crippen molar-refractivity contribution >= 4 is 5.91 Å². The smallest absolute Gasteiger partial charge is 0.291 e. The van der Waals surface area contributed by atoms with Crippen LogP contribution in [0.15, 0.2) is 11.6 Å². The SMILES string of the molecule is O=C(NCC1=CCNCC1)c1n[nH]c(C2CC2)n1. The molecule has 2 aliphatic rings. The Morgan fingerprint density at radius 2 is 2.39 bits per heavy atom. The monoisotopic (exact) mass is 247 g/mol. The summed E-state index contributed by atoms with van der Waals surface area (Å²) in [5.41, 5.74) is 1.26. The Balaban J connectivity index is 1.55. The van der Waals surface area contributed by atoms with Gasteiger partial charge in [-0.05, 0) is 25.8 Å². The van der Waals surface area contributed by atoms with Crippen molar-refractivity contribution in [3.05, 3.63) is 23.3 Å². The van der Waals surface area contributed by atoms with Crippen molar-refractivity contribution in [2.75, 3.05) is 19.6 Å². The van der Waals surface area contributed by atoms with Gasteiger partial charge in [-0.3, -0.25) is 9.89 Å². The molecule has 1 aromatic rings. The van der Waals surface area contributed by atoms with E-state index in [1.807, 2.05) is 0 Å². The van der Waals surface area contributed by atoms with Crippen LogP contribution in [0.2, 0.25) is 0 Å². The topological polar surface area (TPSA) is 82.7 Å². The number of carbonyl (C=O) groups excluding carboxylic acids is 1. The van der Waals surface area contributed by atoms with E-state index in [0.717, 1.165) is 38.2 Å². The minimum absolute atomic E-state index is 0.197.